The Labute approximate surface area is 452 Å². The van der Waals surface area contributed by atoms with Gasteiger partial charge in [0, 0.05) is 19.3 Å². The number of hydrogen-bond acceptors (Lipinski definition) is 6. The third-order valence-corrected chi connectivity index (χ3v) is 13.4. The van der Waals surface area contributed by atoms with Crippen LogP contribution in [0.25, 0.3) is 0 Å². The molecule has 73 heavy (non-hydrogen) atoms. The summed E-state index contributed by atoms with van der Waals surface area (Å²) < 4.78 is 16.8. The van der Waals surface area contributed by atoms with Gasteiger partial charge in [0.2, 0.25) is 0 Å². The molecule has 1 atom stereocenters. The third-order valence-electron chi connectivity index (χ3n) is 13.4. The lowest BCUT2D eigenvalue weighted by atomic mass is 10.0. The number of allylic oxidation sites excluding steroid dienone is 14. The first-order valence-corrected chi connectivity index (χ1v) is 31.1. The molecule has 0 rings (SSSR count). The lowest BCUT2D eigenvalue weighted by Gasteiger charge is -2.18. The average molecular weight is 1020 g/mol. The SMILES string of the molecule is CC/C=C\C/C=C\C/C=C\C/C=C\C/C=C\C/C=C\CCCCCCCCCCCCCCC(=O)OCC(COC(=O)CCCCCCCCCC)OC(=O)CCCCCCC/C=C\CCCCCCCCC. The minimum Gasteiger partial charge on any atom is -0.462 e. The number of esters is 3. The van der Waals surface area contributed by atoms with Gasteiger partial charge in [-0.25, -0.2) is 0 Å². The fourth-order valence-electron chi connectivity index (χ4n) is 8.74. The van der Waals surface area contributed by atoms with E-state index in [9.17, 15) is 14.4 Å². The standard InChI is InChI=1S/C67H116O6/c1-4-7-10-13-16-19-21-23-25-27-28-29-30-31-32-33-34-35-36-37-38-39-40-41-43-44-46-48-51-54-57-60-66(69)72-63-64(62-71-65(68)59-56-53-50-18-15-12-9-6-3)73-67(70)61-58-55-52-49-47-45-42-26-24-22-20-17-14-11-8-5-2/h7,10,16,19,23,25-26,28-29,31-32,34-35,42,64H,4-6,8-9,11-15,17-18,20-22,24,27,30,33,36-41,43-63H2,1-3H3/b10-7-,19-16-,25-23-,29-28-,32-31-,35-34-,42-26-. The Balaban J connectivity index is 4.13. The van der Waals surface area contributed by atoms with Crippen LogP contribution in [0.2, 0.25) is 0 Å². The zero-order valence-electron chi connectivity index (χ0n) is 48.1. The summed E-state index contributed by atoms with van der Waals surface area (Å²) in [5.74, 6) is -0.883. The van der Waals surface area contributed by atoms with Crippen molar-refractivity contribution in [2.75, 3.05) is 13.2 Å². The van der Waals surface area contributed by atoms with Crippen molar-refractivity contribution in [3.8, 4) is 0 Å². The van der Waals surface area contributed by atoms with Crippen LogP contribution >= 0.6 is 0 Å². The highest BCUT2D eigenvalue weighted by atomic mass is 16.6. The second-order valence-electron chi connectivity index (χ2n) is 20.6. The average Bonchev–Trinajstić information content (AvgIpc) is 3.39. The first kappa shape index (κ1) is 69.6. The highest BCUT2D eigenvalue weighted by Gasteiger charge is 2.19. The first-order chi connectivity index (χ1) is 36.0. The Morgan fingerprint density at radius 1 is 0.288 bits per heavy atom. The van der Waals surface area contributed by atoms with Gasteiger partial charge in [0.05, 0.1) is 0 Å². The summed E-state index contributed by atoms with van der Waals surface area (Å²) in [5, 5.41) is 0. The van der Waals surface area contributed by atoms with Gasteiger partial charge in [-0.05, 0) is 96.3 Å². The highest BCUT2D eigenvalue weighted by molar-refractivity contribution is 5.71. The van der Waals surface area contributed by atoms with Crippen molar-refractivity contribution >= 4 is 17.9 Å². The summed E-state index contributed by atoms with van der Waals surface area (Å²) in [6, 6.07) is 0. The second kappa shape index (κ2) is 61.1. The molecule has 0 radical (unpaired) electrons. The number of unbranched alkanes of at least 4 members (excludes halogenated alkanes) is 31. The Bertz CT molecular complexity index is 1400. The summed E-state index contributed by atoms with van der Waals surface area (Å²) in [6.45, 7) is 6.51. The topological polar surface area (TPSA) is 78.9 Å². The molecule has 0 aromatic rings. The van der Waals surface area contributed by atoms with Crippen molar-refractivity contribution in [2.45, 2.75) is 309 Å². The fourth-order valence-corrected chi connectivity index (χ4v) is 8.74. The van der Waals surface area contributed by atoms with Crippen LogP contribution in [0.15, 0.2) is 85.1 Å². The highest BCUT2D eigenvalue weighted by Crippen LogP contribution is 2.16. The minimum absolute atomic E-state index is 0.0770. The molecule has 0 aromatic heterocycles. The molecule has 1 unspecified atom stereocenters. The van der Waals surface area contributed by atoms with Crippen LogP contribution < -0.4 is 0 Å². The minimum atomic E-state index is -0.778. The normalized spacial score (nSPS) is 12.6. The van der Waals surface area contributed by atoms with Crippen molar-refractivity contribution in [3.05, 3.63) is 85.1 Å². The Hall–Kier alpha value is -3.41. The molecule has 0 aliphatic heterocycles. The van der Waals surface area contributed by atoms with Crippen LogP contribution in [0.3, 0.4) is 0 Å². The van der Waals surface area contributed by atoms with Crippen molar-refractivity contribution in [1.82, 2.24) is 0 Å². The van der Waals surface area contributed by atoms with Gasteiger partial charge >= 0.3 is 17.9 Å². The molecule has 0 fully saturated rings. The number of ether oxygens (including phenoxy) is 3. The van der Waals surface area contributed by atoms with Crippen LogP contribution in [0.1, 0.15) is 303 Å². The largest absolute Gasteiger partial charge is 0.462 e. The summed E-state index contributed by atoms with van der Waals surface area (Å²) in [5.41, 5.74) is 0. The summed E-state index contributed by atoms with van der Waals surface area (Å²) in [6.07, 6.45) is 80.3. The number of carbonyl (C=O) groups is 3. The van der Waals surface area contributed by atoms with Gasteiger partial charge in [-0.3, -0.25) is 14.4 Å². The molecule has 6 heteroatoms. The molecule has 0 aliphatic carbocycles. The van der Waals surface area contributed by atoms with Gasteiger partial charge in [0.1, 0.15) is 13.2 Å². The van der Waals surface area contributed by atoms with Gasteiger partial charge < -0.3 is 14.2 Å². The van der Waals surface area contributed by atoms with Crippen LogP contribution in [-0.4, -0.2) is 37.2 Å². The van der Waals surface area contributed by atoms with Crippen molar-refractivity contribution < 1.29 is 28.6 Å². The molecule has 6 nitrogen and oxygen atoms in total. The van der Waals surface area contributed by atoms with Gasteiger partial charge in [0.15, 0.2) is 6.10 Å². The van der Waals surface area contributed by atoms with E-state index in [4.69, 9.17) is 14.2 Å². The summed E-state index contributed by atoms with van der Waals surface area (Å²) in [4.78, 5) is 38.1. The van der Waals surface area contributed by atoms with Crippen LogP contribution in [0.5, 0.6) is 0 Å². The van der Waals surface area contributed by atoms with E-state index in [1.807, 2.05) is 0 Å². The van der Waals surface area contributed by atoms with Crippen LogP contribution in [0.4, 0.5) is 0 Å². The van der Waals surface area contributed by atoms with E-state index in [0.717, 1.165) is 103 Å². The van der Waals surface area contributed by atoms with E-state index < -0.39 is 6.10 Å². The number of hydrogen-bond donors (Lipinski definition) is 0. The Morgan fingerprint density at radius 2 is 0.534 bits per heavy atom. The molecular formula is C67H116O6. The molecule has 0 aliphatic rings. The second-order valence-corrected chi connectivity index (χ2v) is 20.6. The predicted molar refractivity (Wildman–Crippen MR) is 316 cm³/mol. The van der Waals surface area contributed by atoms with Gasteiger partial charge in [-0.1, -0.05) is 273 Å². The van der Waals surface area contributed by atoms with E-state index in [1.54, 1.807) is 0 Å². The molecule has 0 heterocycles. The lowest BCUT2D eigenvalue weighted by molar-refractivity contribution is -0.167. The maximum absolute atomic E-state index is 12.8. The smallest absolute Gasteiger partial charge is 0.306 e. The van der Waals surface area contributed by atoms with E-state index in [-0.39, 0.29) is 31.1 Å². The maximum Gasteiger partial charge on any atom is 0.306 e. The number of carbonyl (C=O) groups excluding carboxylic acids is 3. The molecular weight excluding hydrogens is 901 g/mol. The van der Waals surface area contributed by atoms with Crippen molar-refractivity contribution in [2.24, 2.45) is 0 Å². The molecule has 0 aromatic carbocycles. The van der Waals surface area contributed by atoms with Crippen LogP contribution in [-0.2, 0) is 28.6 Å². The van der Waals surface area contributed by atoms with E-state index in [2.05, 4.69) is 106 Å². The van der Waals surface area contributed by atoms with Gasteiger partial charge in [-0.15, -0.1) is 0 Å². The monoisotopic (exact) mass is 1020 g/mol. The summed E-state index contributed by atoms with van der Waals surface area (Å²) in [7, 11) is 0. The summed E-state index contributed by atoms with van der Waals surface area (Å²) >= 11 is 0. The van der Waals surface area contributed by atoms with Crippen LogP contribution in [0, 0.1) is 0 Å². The zero-order valence-corrected chi connectivity index (χ0v) is 48.1. The van der Waals surface area contributed by atoms with Crippen molar-refractivity contribution in [1.29, 1.82) is 0 Å². The molecule has 420 valence electrons. The van der Waals surface area contributed by atoms with E-state index >= 15 is 0 Å². The molecule has 0 N–H and O–H groups in total. The molecule has 0 saturated heterocycles. The van der Waals surface area contributed by atoms with E-state index in [1.165, 1.54) is 161 Å². The predicted octanol–water partition coefficient (Wildman–Crippen LogP) is 21.1. The zero-order chi connectivity index (χ0) is 52.9. The Morgan fingerprint density at radius 3 is 0.849 bits per heavy atom. The third kappa shape index (κ3) is 59.3. The Kier molecular flexibility index (Phi) is 58.3. The van der Waals surface area contributed by atoms with Gasteiger partial charge in [0.25, 0.3) is 0 Å². The van der Waals surface area contributed by atoms with Gasteiger partial charge in [-0.2, -0.15) is 0 Å². The molecule has 0 spiro atoms. The lowest BCUT2D eigenvalue weighted by Crippen LogP contribution is -2.30. The fraction of sp³-hybridized carbons (Fsp3) is 0.746. The van der Waals surface area contributed by atoms with Crippen molar-refractivity contribution in [3.63, 3.8) is 0 Å². The molecule has 0 amide bonds. The molecule has 0 saturated carbocycles. The number of rotatable bonds is 56. The molecule has 0 bridgehead atoms. The first-order valence-electron chi connectivity index (χ1n) is 31.1. The van der Waals surface area contributed by atoms with E-state index in [0.29, 0.717) is 19.3 Å². The maximum atomic E-state index is 12.8. The quantitative estimate of drug-likeness (QED) is 0.0261.